The molecule has 7 heteroatoms. The van der Waals surface area contributed by atoms with Crippen LogP contribution in [0.2, 0.25) is 0 Å². The largest absolute Gasteiger partial charge is 0.481 e. The fourth-order valence-electron chi connectivity index (χ4n) is 2.06. The molecule has 1 heterocycles. The van der Waals surface area contributed by atoms with Crippen molar-refractivity contribution in [1.29, 1.82) is 0 Å². The van der Waals surface area contributed by atoms with Crippen LogP contribution >= 0.6 is 0 Å². The van der Waals surface area contributed by atoms with E-state index in [1.54, 1.807) is 0 Å². The minimum atomic E-state index is -1.93. The van der Waals surface area contributed by atoms with E-state index in [0.29, 0.717) is 0 Å². The normalized spacial score (nSPS) is 32.2. The van der Waals surface area contributed by atoms with E-state index in [4.69, 9.17) is 23.7 Å². The predicted octanol–water partition coefficient (Wildman–Crippen LogP) is 1.18. The average molecular weight is 268 g/mol. The maximum absolute atomic E-state index is 12.8. The molecule has 4 atom stereocenters. The van der Waals surface area contributed by atoms with Gasteiger partial charge in [-0.2, -0.15) is 8.78 Å². The lowest BCUT2D eigenvalue weighted by Crippen LogP contribution is -2.55. The minimum Gasteiger partial charge on any atom is -0.481 e. The van der Waals surface area contributed by atoms with E-state index >= 15 is 0 Å². The second kappa shape index (κ2) is 6.98. The van der Waals surface area contributed by atoms with Crippen LogP contribution in [-0.2, 0) is 23.7 Å². The van der Waals surface area contributed by atoms with Gasteiger partial charge >= 0.3 is 6.08 Å². The molecule has 0 aliphatic carbocycles. The van der Waals surface area contributed by atoms with Gasteiger partial charge in [0.05, 0.1) is 6.61 Å². The number of methoxy groups -OCH3 is 4. The Bertz CT molecular complexity index is 293. The molecule has 0 unspecified atom stereocenters. The Morgan fingerprint density at radius 3 is 2.06 bits per heavy atom. The summed E-state index contributed by atoms with van der Waals surface area (Å²) in [5.74, 6) is -0.528. The van der Waals surface area contributed by atoms with Gasteiger partial charge in [0, 0.05) is 28.4 Å². The van der Waals surface area contributed by atoms with Gasteiger partial charge < -0.3 is 23.7 Å². The van der Waals surface area contributed by atoms with E-state index in [9.17, 15) is 8.78 Å². The summed E-state index contributed by atoms with van der Waals surface area (Å²) in [6.07, 6.45) is -4.85. The van der Waals surface area contributed by atoms with Gasteiger partial charge in [0.15, 0.2) is 11.9 Å². The molecule has 0 spiro atoms. The zero-order valence-electron chi connectivity index (χ0n) is 10.8. The number of hydrogen-bond donors (Lipinski definition) is 0. The van der Waals surface area contributed by atoms with Crippen LogP contribution in [0.1, 0.15) is 0 Å². The molecule has 18 heavy (non-hydrogen) atoms. The fourth-order valence-corrected chi connectivity index (χ4v) is 2.06. The van der Waals surface area contributed by atoms with E-state index in [2.05, 4.69) is 0 Å². The van der Waals surface area contributed by atoms with E-state index in [-0.39, 0.29) is 6.61 Å². The maximum atomic E-state index is 12.8. The van der Waals surface area contributed by atoms with Crippen molar-refractivity contribution in [2.75, 3.05) is 35.0 Å². The van der Waals surface area contributed by atoms with Crippen molar-refractivity contribution in [3.05, 3.63) is 11.8 Å². The minimum absolute atomic E-state index is 0.117. The van der Waals surface area contributed by atoms with E-state index in [1.165, 1.54) is 28.4 Å². The highest BCUT2D eigenvalue weighted by molar-refractivity contribution is 5.11. The maximum Gasteiger partial charge on any atom is 0.310 e. The van der Waals surface area contributed by atoms with Crippen LogP contribution < -0.4 is 0 Å². The molecule has 0 radical (unpaired) electrons. The van der Waals surface area contributed by atoms with Crippen molar-refractivity contribution in [3.63, 3.8) is 0 Å². The van der Waals surface area contributed by atoms with Crippen molar-refractivity contribution in [2.45, 2.75) is 24.4 Å². The Morgan fingerprint density at radius 1 is 1.06 bits per heavy atom. The molecule has 0 aromatic heterocycles. The highest BCUT2D eigenvalue weighted by Crippen LogP contribution is 2.32. The SMILES string of the molecule is COC[C@H]1OC(=C(F)F)[C@H](OC)[C@@H](OC)[C@@H]1OC. The lowest BCUT2D eigenvalue weighted by Gasteiger charge is -2.41. The average Bonchev–Trinajstić information content (AvgIpc) is 2.37. The van der Waals surface area contributed by atoms with Crippen molar-refractivity contribution in [3.8, 4) is 0 Å². The molecule has 1 aliphatic rings. The first kappa shape index (κ1) is 15.3. The molecule has 0 amide bonds. The number of halogens is 2. The van der Waals surface area contributed by atoms with Gasteiger partial charge in [-0.1, -0.05) is 0 Å². The standard InChI is InChI=1S/C11H18F2O5/c1-14-5-6-7(15-2)8(16-3)9(17-4)10(18-6)11(12)13/h6-9H,5H2,1-4H3/t6-,7-,8+,9-/m1/s1. The lowest BCUT2D eigenvalue weighted by atomic mass is 9.97. The molecule has 5 nitrogen and oxygen atoms in total. The summed E-state index contributed by atoms with van der Waals surface area (Å²) >= 11 is 0. The number of ether oxygens (including phenoxy) is 5. The Labute approximate surface area is 105 Å². The third kappa shape index (κ3) is 2.97. The Balaban J connectivity index is 3.04. The summed E-state index contributed by atoms with van der Waals surface area (Å²) < 4.78 is 51.3. The first-order valence-corrected chi connectivity index (χ1v) is 5.39. The summed E-state index contributed by atoms with van der Waals surface area (Å²) in [6.45, 7) is 0.117. The molecule has 1 fully saturated rings. The molecule has 1 aliphatic heterocycles. The third-order valence-electron chi connectivity index (χ3n) is 2.84. The first-order chi connectivity index (χ1) is 8.60. The van der Waals surface area contributed by atoms with Crippen LogP contribution in [-0.4, -0.2) is 59.5 Å². The molecule has 0 saturated carbocycles. The summed E-state index contributed by atoms with van der Waals surface area (Å²) in [6, 6.07) is 0. The summed E-state index contributed by atoms with van der Waals surface area (Å²) in [4.78, 5) is 0. The van der Waals surface area contributed by atoms with Crippen LogP contribution in [0.4, 0.5) is 8.78 Å². The van der Waals surface area contributed by atoms with Crippen molar-refractivity contribution in [1.82, 2.24) is 0 Å². The smallest absolute Gasteiger partial charge is 0.310 e. The molecule has 0 N–H and O–H groups in total. The topological polar surface area (TPSA) is 46.2 Å². The number of rotatable bonds is 5. The molecule has 0 aromatic carbocycles. The molecular weight excluding hydrogens is 250 g/mol. The van der Waals surface area contributed by atoms with Crippen molar-refractivity contribution in [2.24, 2.45) is 0 Å². The highest BCUT2D eigenvalue weighted by Gasteiger charge is 2.46. The van der Waals surface area contributed by atoms with E-state index in [1.807, 2.05) is 0 Å². The molecule has 1 rings (SSSR count). The Morgan fingerprint density at radius 2 is 1.67 bits per heavy atom. The molecule has 0 aromatic rings. The Hall–Kier alpha value is -0.760. The lowest BCUT2D eigenvalue weighted by molar-refractivity contribution is -0.196. The van der Waals surface area contributed by atoms with Crippen LogP contribution in [0.25, 0.3) is 0 Å². The summed E-state index contributed by atoms with van der Waals surface area (Å²) in [7, 11) is 5.63. The van der Waals surface area contributed by atoms with Gasteiger partial charge in [0.2, 0.25) is 0 Å². The van der Waals surface area contributed by atoms with Crippen LogP contribution in [0, 0.1) is 0 Å². The Kier molecular flexibility index (Phi) is 5.94. The summed E-state index contributed by atoms with van der Waals surface area (Å²) in [5.41, 5.74) is 0. The second-order valence-corrected chi connectivity index (χ2v) is 3.79. The van der Waals surface area contributed by atoms with Gasteiger partial charge in [-0.25, -0.2) is 0 Å². The molecule has 0 bridgehead atoms. The molecule has 1 saturated heterocycles. The quantitative estimate of drug-likeness (QED) is 0.749. The van der Waals surface area contributed by atoms with E-state index in [0.717, 1.165) is 0 Å². The van der Waals surface area contributed by atoms with Gasteiger partial charge in [-0.05, 0) is 0 Å². The predicted molar refractivity (Wildman–Crippen MR) is 58.4 cm³/mol. The molecular formula is C11H18F2O5. The van der Waals surface area contributed by atoms with Crippen LogP contribution in [0.15, 0.2) is 11.8 Å². The van der Waals surface area contributed by atoms with Gasteiger partial charge in [-0.15, -0.1) is 0 Å². The van der Waals surface area contributed by atoms with Gasteiger partial charge in [0.25, 0.3) is 0 Å². The monoisotopic (exact) mass is 268 g/mol. The van der Waals surface area contributed by atoms with Crippen molar-refractivity contribution >= 4 is 0 Å². The van der Waals surface area contributed by atoms with E-state index < -0.39 is 36.3 Å². The fraction of sp³-hybridized carbons (Fsp3) is 0.818. The summed E-state index contributed by atoms with van der Waals surface area (Å²) in [5, 5.41) is 0. The van der Waals surface area contributed by atoms with Crippen molar-refractivity contribution < 1.29 is 32.5 Å². The first-order valence-electron chi connectivity index (χ1n) is 5.39. The third-order valence-corrected chi connectivity index (χ3v) is 2.84. The van der Waals surface area contributed by atoms with Gasteiger partial charge in [-0.3, -0.25) is 0 Å². The zero-order valence-corrected chi connectivity index (χ0v) is 10.8. The zero-order chi connectivity index (χ0) is 13.7. The number of hydrogen-bond acceptors (Lipinski definition) is 5. The van der Waals surface area contributed by atoms with Crippen LogP contribution in [0.3, 0.4) is 0 Å². The molecule has 106 valence electrons. The van der Waals surface area contributed by atoms with Gasteiger partial charge in [0.1, 0.15) is 18.3 Å². The highest BCUT2D eigenvalue weighted by atomic mass is 19.3. The second-order valence-electron chi connectivity index (χ2n) is 3.79. The van der Waals surface area contributed by atoms with Crippen LogP contribution in [0.5, 0.6) is 0 Å².